The number of β-amino-alcohol motifs (C(OH)–C–C–N with tert-alkyl or cyclic N) is 1. The first-order valence-corrected chi connectivity index (χ1v) is 32.8. The number of phenols is 1. The first-order valence-electron chi connectivity index (χ1n) is 32.1. The summed E-state index contributed by atoms with van der Waals surface area (Å²) in [5.41, 5.74) is 3.64. The van der Waals surface area contributed by atoms with E-state index < -0.39 is 165 Å². The summed E-state index contributed by atoms with van der Waals surface area (Å²) < 4.78 is 15.2. The van der Waals surface area contributed by atoms with E-state index in [2.05, 4.69) is 82.4 Å². The molecule has 0 saturated carbocycles. The first kappa shape index (κ1) is 77.0. The molecule has 13 atom stereocenters. The Hall–Kier alpha value is -7.99. The molecular weight excluding hydrogens is 1270 g/mol. The van der Waals surface area contributed by atoms with E-state index in [1.165, 1.54) is 25.1 Å². The predicted octanol–water partition coefficient (Wildman–Crippen LogP) is 2.65. The molecule has 0 spiro atoms. The number of phenolic OH excluding ortho intramolecular Hbond substituents is 1. The van der Waals surface area contributed by atoms with Crippen LogP contribution in [0, 0.1) is 17.2 Å². The van der Waals surface area contributed by atoms with Crippen LogP contribution in [0.25, 0.3) is 22.3 Å². The van der Waals surface area contributed by atoms with Crippen LogP contribution in [-0.4, -0.2) is 215 Å². The van der Waals surface area contributed by atoms with Gasteiger partial charge in [0.2, 0.25) is 35.4 Å². The number of aliphatic hydroxyl groups is 6. The summed E-state index contributed by atoms with van der Waals surface area (Å²) in [6.07, 6.45) is -9.89. The van der Waals surface area contributed by atoms with Crippen molar-refractivity contribution in [2.45, 2.75) is 185 Å². The van der Waals surface area contributed by atoms with Crippen molar-refractivity contribution in [3.05, 3.63) is 102 Å². The minimum absolute atomic E-state index is 0.0536. The second kappa shape index (κ2) is 36.9. The monoisotopic (exact) mass is 1360 g/mol. The SMILES string of the molecule is CCCCCOc1ccc(-c2ccc(-c3ccc(C(=O)N[C@H]4C[C@H](O)CNC(=O)[C@@H]5[C@@H](O)[C@H](C)CN5C(=O)[C@H]([C@H](O)CC#N)NC(=O)[C@H]([C@H](O)Cc5ccc(O)c(OSOOO)c5)NC(=O)[C@@H]5C[C@H](O)CN5C(=O)[C@H]([C@H](C)O)NC4=O)cc3)cc2)cc1.CCN(C(C)C)C(C)C. The number of nitrogens with zero attached hydrogens (tertiary/aromatic N) is 4. The van der Waals surface area contributed by atoms with Gasteiger partial charge in [0, 0.05) is 62.5 Å². The number of aliphatic hydroxyl groups excluding tert-OH is 6. The summed E-state index contributed by atoms with van der Waals surface area (Å²) in [6.45, 7) is 16.1. The van der Waals surface area contributed by atoms with Gasteiger partial charge in [0.15, 0.2) is 11.5 Å². The van der Waals surface area contributed by atoms with Crippen LogP contribution in [-0.2, 0) is 44.6 Å². The third-order valence-corrected chi connectivity index (χ3v) is 17.3. The lowest BCUT2D eigenvalue weighted by molar-refractivity contribution is -0.433. The highest BCUT2D eigenvalue weighted by Crippen LogP contribution is 2.32. The summed E-state index contributed by atoms with van der Waals surface area (Å²) >= 11 is 0.0690. The summed E-state index contributed by atoms with van der Waals surface area (Å²) in [7, 11) is 0. The lowest BCUT2D eigenvalue weighted by Gasteiger charge is -2.33. The lowest BCUT2D eigenvalue weighted by Crippen LogP contribution is -2.64. The van der Waals surface area contributed by atoms with Crippen molar-refractivity contribution in [3.63, 3.8) is 0 Å². The quantitative estimate of drug-likeness (QED) is 0.0233. The molecule has 0 aromatic heterocycles. The molecule has 28 nitrogen and oxygen atoms in total. The molecule has 3 aliphatic heterocycles. The van der Waals surface area contributed by atoms with Crippen LogP contribution >= 0.6 is 12.3 Å². The molecule has 3 fully saturated rings. The minimum atomic E-state index is -2.15. The molecule has 29 heteroatoms. The minimum Gasteiger partial charge on any atom is -0.504 e. The smallest absolute Gasteiger partial charge is 0.261 e. The number of aromatic hydroxyl groups is 1. The molecule has 4 aromatic rings. The fourth-order valence-corrected chi connectivity index (χ4v) is 12.1. The Morgan fingerprint density at radius 3 is 1.86 bits per heavy atom. The van der Waals surface area contributed by atoms with Gasteiger partial charge in [0.05, 0.1) is 55.7 Å². The van der Waals surface area contributed by atoms with Crippen molar-refractivity contribution in [3.8, 4) is 45.6 Å². The number of nitriles is 1. The van der Waals surface area contributed by atoms with Crippen LogP contribution < -0.4 is 35.5 Å². The van der Waals surface area contributed by atoms with Gasteiger partial charge in [-0.1, -0.05) is 97.6 Å². The third kappa shape index (κ3) is 21.0. The molecule has 13 N–H and O–H groups in total. The summed E-state index contributed by atoms with van der Waals surface area (Å²) in [4.78, 5) is 105. The highest BCUT2D eigenvalue weighted by molar-refractivity contribution is 7.90. The number of fused-ring (bicyclic) bond motifs is 2. The van der Waals surface area contributed by atoms with Crippen molar-refractivity contribution in [1.29, 1.82) is 5.26 Å². The lowest BCUT2D eigenvalue weighted by atomic mass is 9.98. The molecule has 0 bridgehead atoms. The van der Waals surface area contributed by atoms with Gasteiger partial charge in [-0.2, -0.15) is 5.26 Å². The zero-order valence-electron chi connectivity index (χ0n) is 55.1. The van der Waals surface area contributed by atoms with Gasteiger partial charge in [0.1, 0.15) is 42.0 Å². The Kier molecular flexibility index (Phi) is 29.6. The number of carbonyl (C=O) groups excluding carboxylic acids is 7. The summed E-state index contributed by atoms with van der Waals surface area (Å²) in [6, 6.07) is 17.1. The molecular formula is C67H91N9O19S. The summed E-state index contributed by atoms with van der Waals surface area (Å²) in [5, 5.41) is 112. The van der Waals surface area contributed by atoms with Crippen molar-refractivity contribution in [2.24, 2.45) is 5.92 Å². The number of amides is 7. The molecule has 3 aliphatic rings. The first-order chi connectivity index (χ1) is 45.7. The van der Waals surface area contributed by atoms with Crippen LogP contribution in [0.3, 0.4) is 0 Å². The van der Waals surface area contributed by atoms with E-state index in [0.717, 1.165) is 82.7 Å². The van der Waals surface area contributed by atoms with Crippen molar-refractivity contribution in [2.75, 3.05) is 32.8 Å². The maximum absolute atomic E-state index is 14.6. The Bertz CT molecular complexity index is 3260. The molecule has 3 heterocycles. The Balaban J connectivity index is 0.00000150. The van der Waals surface area contributed by atoms with Gasteiger partial charge in [-0.25, -0.2) is 5.26 Å². The summed E-state index contributed by atoms with van der Waals surface area (Å²) in [5.74, 6) is -8.80. The van der Waals surface area contributed by atoms with Gasteiger partial charge >= 0.3 is 0 Å². The largest absolute Gasteiger partial charge is 0.504 e. The molecule has 3 saturated heterocycles. The number of hydrogen-bond acceptors (Lipinski definition) is 22. The zero-order chi connectivity index (χ0) is 70.5. The van der Waals surface area contributed by atoms with Gasteiger partial charge in [-0.15, -0.1) is 0 Å². The number of nitrogens with one attached hydrogen (secondary N) is 5. The topological polar surface area (TPSA) is 412 Å². The number of unbranched alkanes of at least 4 members (excludes halogenated alkanes) is 2. The molecule has 96 heavy (non-hydrogen) atoms. The average molecular weight is 1360 g/mol. The number of ether oxygens (including phenoxy) is 1. The highest BCUT2D eigenvalue weighted by Gasteiger charge is 2.50. The van der Waals surface area contributed by atoms with Crippen molar-refractivity contribution >= 4 is 53.7 Å². The molecule has 0 unspecified atom stereocenters. The van der Waals surface area contributed by atoms with Crippen LogP contribution in [0.5, 0.6) is 17.2 Å². The average Bonchev–Trinajstić information content (AvgIpc) is 1.61. The van der Waals surface area contributed by atoms with Gasteiger partial charge < -0.3 is 81.0 Å². The fourth-order valence-electron chi connectivity index (χ4n) is 11.8. The Morgan fingerprint density at radius 1 is 0.719 bits per heavy atom. The van der Waals surface area contributed by atoms with E-state index in [9.17, 15) is 74.6 Å². The predicted molar refractivity (Wildman–Crippen MR) is 351 cm³/mol. The highest BCUT2D eigenvalue weighted by atomic mass is 32.2. The van der Waals surface area contributed by atoms with E-state index in [4.69, 9.17) is 14.2 Å². The molecule has 4 aromatic carbocycles. The number of hydrogen-bond donors (Lipinski definition) is 13. The van der Waals surface area contributed by atoms with E-state index >= 15 is 0 Å². The van der Waals surface area contributed by atoms with E-state index in [-0.39, 0.29) is 35.7 Å². The molecule has 0 radical (unpaired) electrons. The number of rotatable bonds is 22. The van der Waals surface area contributed by atoms with Crippen molar-refractivity contribution < 1.29 is 92.9 Å². The molecule has 7 rings (SSSR count). The maximum atomic E-state index is 14.6. The van der Waals surface area contributed by atoms with E-state index in [1.54, 1.807) is 18.2 Å². The van der Waals surface area contributed by atoms with Crippen molar-refractivity contribution in [1.82, 2.24) is 41.3 Å². The van der Waals surface area contributed by atoms with Gasteiger partial charge in [-0.3, -0.25) is 38.5 Å². The number of benzene rings is 4. The van der Waals surface area contributed by atoms with Crippen LogP contribution in [0.2, 0.25) is 0 Å². The molecule has 524 valence electrons. The third-order valence-electron chi connectivity index (χ3n) is 17.0. The van der Waals surface area contributed by atoms with E-state index in [0.29, 0.717) is 18.7 Å². The zero-order valence-corrected chi connectivity index (χ0v) is 55.9. The second-order valence-electron chi connectivity index (χ2n) is 24.7. The molecule has 7 amide bonds. The van der Waals surface area contributed by atoms with Crippen LogP contribution in [0.1, 0.15) is 110 Å². The second-order valence-corrected chi connectivity index (χ2v) is 25.1. The standard InChI is InChI=1S/C59H72N8O19S.C8H19N/c1-4-5-6-23-83-41-18-16-37(17-19-41)35-10-8-34(9-11-35)36-12-14-38(15-13-36)53(75)62-42-26-39(69)28-61-57(79)51-52(74)31(2)29-67(51)59(81)50(45(72)21-22-60)65-56(78)49(46(73)24-33-7-20-44(71)47(25-33)84-87-86-85-82)64-55(77)43-27-40(70)30-66(43)58(80)48(32(3)68)63-54(42)76;1-6-9(7(2)3)8(4)5/h7-20,25,31-32,39-40,42-43,45-46,48-52,68-74,82H,4-6,21,23-24,26-30H2,1-3H3,(H,61,79)(H,62,75)(H,63,76)(H,64,77)(H,65,78);7-8H,6H2,1-5H3/t31-,32+,39+,40+,42+,43+,45-,46-,48+,49+,50+,51+,52+;/m1./s1. The Morgan fingerprint density at radius 2 is 1.30 bits per heavy atom. The van der Waals surface area contributed by atoms with Gasteiger partial charge in [-0.05, 0) is 112 Å². The fraction of sp³-hybridized carbons (Fsp3) is 0.522. The molecule has 0 aliphatic carbocycles. The number of carbonyl (C=O) groups is 7. The maximum Gasteiger partial charge on any atom is 0.261 e. The van der Waals surface area contributed by atoms with Crippen LogP contribution in [0.15, 0.2) is 91.0 Å². The normalized spacial score (nSPS) is 24.0. The Labute approximate surface area is 562 Å². The van der Waals surface area contributed by atoms with Crippen LogP contribution in [0.4, 0.5) is 0 Å². The van der Waals surface area contributed by atoms with E-state index in [1.807, 2.05) is 48.5 Å². The van der Waals surface area contributed by atoms with Gasteiger partial charge in [0.25, 0.3) is 18.2 Å².